The molecular weight excluding hydrogens is 232 g/mol. The first-order chi connectivity index (χ1) is 8.16. The normalized spacial score (nSPS) is 26.9. The number of nitrogens with one attached hydrogen (secondary N) is 1. The first kappa shape index (κ1) is 12.2. The monoisotopic (exact) mass is 246 g/mol. The van der Waals surface area contributed by atoms with Crippen molar-refractivity contribution in [3.05, 3.63) is 47.5 Å². The van der Waals surface area contributed by atoms with Crippen molar-refractivity contribution in [2.45, 2.75) is 24.3 Å². The van der Waals surface area contributed by atoms with Crippen LogP contribution in [0.3, 0.4) is 0 Å². The molecule has 1 aromatic carbocycles. The molecule has 1 aromatic rings. The van der Waals surface area contributed by atoms with Crippen molar-refractivity contribution in [3.63, 3.8) is 0 Å². The van der Waals surface area contributed by atoms with Crippen LogP contribution in [0.15, 0.2) is 41.9 Å². The number of nitrogens with zero attached hydrogens (tertiary/aromatic N) is 1. The molecule has 88 valence electrons. The summed E-state index contributed by atoms with van der Waals surface area (Å²) < 4.78 is 0. The summed E-state index contributed by atoms with van der Waals surface area (Å²) in [4.78, 5) is 0. The summed E-state index contributed by atoms with van der Waals surface area (Å²) in [6.07, 6.45) is 1.69. The van der Waals surface area contributed by atoms with E-state index in [1.165, 1.54) is 0 Å². The van der Waals surface area contributed by atoms with Crippen LogP contribution in [-0.4, -0.2) is 12.6 Å². The average molecular weight is 247 g/mol. The van der Waals surface area contributed by atoms with Gasteiger partial charge in [-0.2, -0.15) is 5.26 Å². The van der Waals surface area contributed by atoms with Crippen LogP contribution in [-0.2, 0) is 5.41 Å². The Morgan fingerprint density at radius 3 is 2.65 bits per heavy atom. The SMILES string of the molecule is C=C(Cl)CNC1CC(C#N)(c2ccccc2)C1. The number of rotatable bonds is 4. The summed E-state index contributed by atoms with van der Waals surface area (Å²) in [6.45, 7) is 4.25. The van der Waals surface area contributed by atoms with Gasteiger partial charge in [-0.15, -0.1) is 0 Å². The lowest BCUT2D eigenvalue weighted by Crippen LogP contribution is -2.51. The Bertz CT molecular complexity index is 441. The molecule has 1 fully saturated rings. The highest BCUT2D eigenvalue weighted by Crippen LogP contribution is 2.43. The Morgan fingerprint density at radius 2 is 2.12 bits per heavy atom. The lowest BCUT2D eigenvalue weighted by molar-refractivity contribution is 0.232. The molecule has 0 heterocycles. The first-order valence-corrected chi connectivity index (χ1v) is 6.07. The highest BCUT2D eigenvalue weighted by Gasteiger charge is 2.45. The van der Waals surface area contributed by atoms with Gasteiger partial charge in [0.1, 0.15) is 0 Å². The molecule has 0 radical (unpaired) electrons. The van der Waals surface area contributed by atoms with E-state index in [2.05, 4.69) is 18.0 Å². The van der Waals surface area contributed by atoms with Gasteiger partial charge in [0.15, 0.2) is 0 Å². The molecule has 0 saturated heterocycles. The zero-order chi connectivity index (χ0) is 12.3. The zero-order valence-electron chi connectivity index (χ0n) is 9.62. The van der Waals surface area contributed by atoms with E-state index in [1.807, 2.05) is 30.3 Å². The van der Waals surface area contributed by atoms with Gasteiger partial charge in [-0.05, 0) is 18.4 Å². The van der Waals surface area contributed by atoms with Crippen LogP contribution in [0.2, 0.25) is 0 Å². The maximum Gasteiger partial charge on any atom is 0.0852 e. The molecule has 0 aromatic heterocycles. The molecule has 1 aliphatic rings. The van der Waals surface area contributed by atoms with E-state index in [0.29, 0.717) is 17.6 Å². The Kier molecular flexibility index (Phi) is 3.51. The topological polar surface area (TPSA) is 35.8 Å². The van der Waals surface area contributed by atoms with Gasteiger partial charge in [0.25, 0.3) is 0 Å². The average Bonchev–Trinajstić information content (AvgIpc) is 2.29. The minimum absolute atomic E-state index is 0.313. The summed E-state index contributed by atoms with van der Waals surface area (Å²) in [5.41, 5.74) is 0.803. The fraction of sp³-hybridized carbons (Fsp3) is 0.357. The van der Waals surface area contributed by atoms with Crippen LogP contribution in [0.5, 0.6) is 0 Å². The largest absolute Gasteiger partial charge is 0.309 e. The van der Waals surface area contributed by atoms with Gasteiger partial charge < -0.3 is 5.32 Å². The number of hydrogen-bond acceptors (Lipinski definition) is 2. The molecular formula is C14H15ClN2. The molecule has 0 amide bonds. The summed E-state index contributed by atoms with van der Waals surface area (Å²) in [5.74, 6) is 0. The molecule has 17 heavy (non-hydrogen) atoms. The van der Waals surface area contributed by atoms with Gasteiger partial charge in [0.2, 0.25) is 0 Å². The second-order valence-electron chi connectivity index (χ2n) is 4.56. The summed E-state index contributed by atoms with van der Waals surface area (Å²) in [7, 11) is 0. The third-order valence-electron chi connectivity index (χ3n) is 3.31. The van der Waals surface area contributed by atoms with E-state index in [9.17, 15) is 5.26 Å². The van der Waals surface area contributed by atoms with Crippen molar-refractivity contribution in [2.24, 2.45) is 0 Å². The molecule has 1 saturated carbocycles. The number of nitriles is 1. The highest BCUT2D eigenvalue weighted by atomic mass is 35.5. The van der Waals surface area contributed by atoms with Crippen LogP contribution >= 0.6 is 11.6 Å². The predicted octanol–water partition coefficient (Wildman–Crippen LogP) is 2.95. The van der Waals surface area contributed by atoms with Crippen LogP contribution < -0.4 is 5.32 Å². The van der Waals surface area contributed by atoms with Crippen LogP contribution in [0.4, 0.5) is 0 Å². The van der Waals surface area contributed by atoms with Crippen molar-refractivity contribution in [3.8, 4) is 6.07 Å². The molecule has 1 aliphatic carbocycles. The smallest absolute Gasteiger partial charge is 0.0852 e. The molecule has 0 bridgehead atoms. The standard InChI is InChI=1S/C14H15ClN2/c1-11(15)9-17-13-7-14(8-13,10-16)12-5-3-2-4-6-12/h2-6,13,17H,1,7-9H2. The second-order valence-corrected chi connectivity index (χ2v) is 5.10. The number of hydrogen-bond donors (Lipinski definition) is 1. The van der Waals surface area contributed by atoms with Gasteiger partial charge in [0.05, 0.1) is 11.5 Å². The molecule has 1 N–H and O–H groups in total. The van der Waals surface area contributed by atoms with Crippen LogP contribution in [0.1, 0.15) is 18.4 Å². The Hall–Kier alpha value is -1.30. The van der Waals surface area contributed by atoms with E-state index in [0.717, 1.165) is 18.4 Å². The molecule has 0 atom stereocenters. The zero-order valence-corrected chi connectivity index (χ0v) is 10.4. The number of benzene rings is 1. The van der Waals surface area contributed by atoms with E-state index in [-0.39, 0.29) is 5.41 Å². The summed E-state index contributed by atoms with van der Waals surface area (Å²) in [6, 6.07) is 12.8. The molecule has 2 rings (SSSR count). The van der Waals surface area contributed by atoms with E-state index >= 15 is 0 Å². The van der Waals surface area contributed by atoms with Crippen molar-refractivity contribution in [2.75, 3.05) is 6.54 Å². The fourth-order valence-electron chi connectivity index (χ4n) is 2.33. The third-order valence-corrected chi connectivity index (χ3v) is 3.45. The Morgan fingerprint density at radius 1 is 1.47 bits per heavy atom. The predicted molar refractivity (Wildman–Crippen MR) is 69.8 cm³/mol. The van der Waals surface area contributed by atoms with Crippen molar-refractivity contribution in [1.82, 2.24) is 5.32 Å². The quantitative estimate of drug-likeness (QED) is 0.887. The maximum atomic E-state index is 9.36. The lowest BCUT2D eigenvalue weighted by Gasteiger charge is -2.43. The molecule has 0 unspecified atom stereocenters. The minimum atomic E-state index is -0.313. The van der Waals surface area contributed by atoms with Gasteiger partial charge in [0, 0.05) is 17.6 Å². The van der Waals surface area contributed by atoms with E-state index < -0.39 is 0 Å². The maximum absolute atomic E-state index is 9.36. The van der Waals surface area contributed by atoms with Crippen molar-refractivity contribution in [1.29, 1.82) is 5.26 Å². The Balaban J connectivity index is 1.99. The van der Waals surface area contributed by atoms with Crippen LogP contribution in [0, 0.1) is 11.3 Å². The minimum Gasteiger partial charge on any atom is -0.309 e. The van der Waals surface area contributed by atoms with Crippen molar-refractivity contribution >= 4 is 11.6 Å². The number of halogens is 1. The Labute approximate surface area is 107 Å². The van der Waals surface area contributed by atoms with Gasteiger partial charge in [-0.25, -0.2) is 0 Å². The van der Waals surface area contributed by atoms with Gasteiger partial charge in [-0.1, -0.05) is 48.5 Å². The fourth-order valence-corrected chi connectivity index (χ4v) is 2.41. The van der Waals surface area contributed by atoms with Crippen molar-refractivity contribution < 1.29 is 0 Å². The first-order valence-electron chi connectivity index (χ1n) is 5.70. The summed E-state index contributed by atoms with van der Waals surface area (Å²) in [5, 5.41) is 13.3. The second kappa shape index (κ2) is 4.91. The molecule has 2 nitrogen and oxygen atoms in total. The molecule has 0 aliphatic heterocycles. The van der Waals surface area contributed by atoms with Gasteiger partial charge >= 0.3 is 0 Å². The van der Waals surface area contributed by atoms with Crippen LogP contribution in [0.25, 0.3) is 0 Å². The van der Waals surface area contributed by atoms with Gasteiger partial charge in [-0.3, -0.25) is 0 Å². The van der Waals surface area contributed by atoms with E-state index in [4.69, 9.17) is 11.6 Å². The molecule has 0 spiro atoms. The van der Waals surface area contributed by atoms with E-state index in [1.54, 1.807) is 0 Å². The highest BCUT2D eigenvalue weighted by molar-refractivity contribution is 6.29. The molecule has 3 heteroatoms. The lowest BCUT2D eigenvalue weighted by atomic mass is 9.62. The summed E-state index contributed by atoms with van der Waals surface area (Å²) >= 11 is 5.70. The third kappa shape index (κ3) is 2.52.